The molecule has 0 N–H and O–H groups in total. The molecular weight excluding hydrogens is 253 g/mol. The monoisotopic (exact) mass is 258 g/mol. The average molecular weight is 258 g/mol. The van der Waals surface area contributed by atoms with Crippen LogP contribution in [-0.4, -0.2) is 11.2 Å². The molecule has 1 aromatic carbocycles. The van der Waals surface area contributed by atoms with Gasteiger partial charge in [-0.2, -0.15) is 18.4 Å². The van der Waals surface area contributed by atoms with E-state index < -0.39 is 34.3 Å². The Bertz CT molecular complexity index is 547. The molecule has 0 aromatic heterocycles. The third-order valence-electron chi connectivity index (χ3n) is 2.15. The molecule has 0 aliphatic heterocycles. The molecule has 0 saturated carbocycles. The van der Waals surface area contributed by atoms with Gasteiger partial charge in [0.2, 0.25) is 0 Å². The minimum Gasteiger partial charge on any atom is -0.298 e. The van der Waals surface area contributed by atoms with E-state index in [-0.39, 0.29) is 17.9 Å². The maximum Gasteiger partial charge on any atom is 0.417 e. The third-order valence-corrected chi connectivity index (χ3v) is 2.15. The van der Waals surface area contributed by atoms with Crippen LogP contribution < -0.4 is 0 Å². The second kappa shape index (κ2) is 4.83. The van der Waals surface area contributed by atoms with Crippen molar-refractivity contribution in [2.45, 2.75) is 12.6 Å². The number of nitro benzene ring substituents is 1. The molecule has 0 saturated heterocycles. The highest BCUT2D eigenvalue weighted by Gasteiger charge is 2.36. The maximum absolute atomic E-state index is 12.5. The van der Waals surface area contributed by atoms with Gasteiger partial charge in [0.25, 0.3) is 5.69 Å². The van der Waals surface area contributed by atoms with E-state index in [1.807, 2.05) is 0 Å². The number of hydrogen-bond donors (Lipinski definition) is 0. The van der Waals surface area contributed by atoms with Gasteiger partial charge in [0, 0.05) is 17.2 Å². The van der Waals surface area contributed by atoms with E-state index in [0.29, 0.717) is 0 Å². The molecule has 1 aromatic rings. The lowest BCUT2D eigenvalue weighted by Gasteiger charge is -2.10. The number of nitro groups is 1. The fourth-order valence-corrected chi connectivity index (χ4v) is 1.39. The molecule has 0 bridgehead atoms. The standard InChI is InChI=1S/C10H5F3N2O3/c11-10(12,13)8-4-9(15(17)18)6(1-2-14)3-7(8)5-16/h3-5H,1H2. The van der Waals surface area contributed by atoms with Gasteiger partial charge in [-0.25, -0.2) is 0 Å². The number of halogens is 3. The highest BCUT2D eigenvalue weighted by molar-refractivity contribution is 5.79. The van der Waals surface area contributed by atoms with Crippen molar-refractivity contribution in [3.8, 4) is 6.07 Å². The van der Waals surface area contributed by atoms with Crippen LogP contribution in [0.25, 0.3) is 0 Å². The van der Waals surface area contributed by atoms with Crippen LogP contribution in [0.3, 0.4) is 0 Å². The van der Waals surface area contributed by atoms with Gasteiger partial charge in [-0.15, -0.1) is 0 Å². The van der Waals surface area contributed by atoms with Crippen molar-refractivity contribution in [3.63, 3.8) is 0 Å². The summed E-state index contributed by atoms with van der Waals surface area (Å²) in [7, 11) is 0. The van der Waals surface area contributed by atoms with Crippen LogP contribution in [0.2, 0.25) is 0 Å². The van der Waals surface area contributed by atoms with Gasteiger partial charge < -0.3 is 0 Å². The molecule has 1 rings (SSSR count). The molecule has 0 unspecified atom stereocenters. The quantitative estimate of drug-likeness (QED) is 0.473. The number of carbonyl (C=O) groups excluding carboxylic acids is 1. The smallest absolute Gasteiger partial charge is 0.298 e. The van der Waals surface area contributed by atoms with Crippen LogP contribution in [0.15, 0.2) is 12.1 Å². The lowest BCUT2D eigenvalue weighted by molar-refractivity contribution is -0.385. The summed E-state index contributed by atoms with van der Waals surface area (Å²) >= 11 is 0. The van der Waals surface area contributed by atoms with Crippen LogP contribution in [-0.2, 0) is 12.6 Å². The first-order valence-corrected chi connectivity index (χ1v) is 4.52. The minimum absolute atomic E-state index is 0.0482. The van der Waals surface area contributed by atoms with Crippen molar-refractivity contribution in [3.05, 3.63) is 38.9 Å². The largest absolute Gasteiger partial charge is 0.417 e. The van der Waals surface area contributed by atoms with Crippen molar-refractivity contribution in [1.29, 1.82) is 5.26 Å². The summed E-state index contributed by atoms with van der Waals surface area (Å²) in [6, 6.07) is 2.58. The molecule has 0 radical (unpaired) electrons. The first-order valence-electron chi connectivity index (χ1n) is 4.52. The number of hydrogen-bond acceptors (Lipinski definition) is 4. The van der Waals surface area contributed by atoms with Crippen molar-refractivity contribution in [2.75, 3.05) is 0 Å². The Morgan fingerprint density at radius 3 is 2.44 bits per heavy atom. The number of carbonyl (C=O) groups is 1. The highest BCUT2D eigenvalue weighted by Crippen LogP contribution is 2.35. The average Bonchev–Trinajstić information content (AvgIpc) is 2.27. The first-order chi connectivity index (χ1) is 8.31. The van der Waals surface area contributed by atoms with Gasteiger partial charge in [-0.05, 0) is 6.07 Å². The predicted octanol–water partition coefficient (Wildman–Crippen LogP) is 2.49. The number of nitrogens with zero attached hydrogens (tertiary/aromatic N) is 2. The van der Waals surface area contributed by atoms with Crippen molar-refractivity contribution in [1.82, 2.24) is 0 Å². The van der Waals surface area contributed by atoms with Gasteiger partial charge in [0.05, 0.1) is 23.0 Å². The number of benzene rings is 1. The summed E-state index contributed by atoms with van der Waals surface area (Å²) < 4.78 is 37.6. The van der Waals surface area contributed by atoms with Crippen molar-refractivity contribution in [2.24, 2.45) is 0 Å². The lowest BCUT2D eigenvalue weighted by atomic mass is 10.0. The molecule has 8 heteroatoms. The van der Waals surface area contributed by atoms with E-state index in [0.717, 1.165) is 6.07 Å². The summed E-state index contributed by atoms with van der Waals surface area (Å²) in [6.07, 6.45) is -5.37. The highest BCUT2D eigenvalue weighted by atomic mass is 19.4. The Labute approximate surface area is 98.6 Å². The lowest BCUT2D eigenvalue weighted by Crippen LogP contribution is -2.11. The minimum atomic E-state index is -4.87. The Kier molecular flexibility index (Phi) is 3.66. The molecule has 5 nitrogen and oxygen atoms in total. The molecule has 0 spiro atoms. The molecule has 0 heterocycles. The van der Waals surface area contributed by atoms with E-state index in [1.165, 1.54) is 0 Å². The first kappa shape index (κ1) is 13.6. The fourth-order valence-electron chi connectivity index (χ4n) is 1.39. The summed E-state index contributed by atoms with van der Waals surface area (Å²) in [6.45, 7) is 0. The normalized spacial score (nSPS) is 10.8. The van der Waals surface area contributed by atoms with E-state index in [4.69, 9.17) is 5.26 Å². The van der Waals surface area contributed by atoms with E-state index >= 15 is 0 Å². The summed E-state index contributed by atoms with van der Waals surface area (Å²) in [5.74, 6) is 0. The van der Waals surface area contributed by atoms with E-state index in [9.17, 15) is 28.1 Å². The predicted molar refractivity (Wildman–Crippen MR) is 52.8 cm³/mol. The summed E-state index contributed by atoms with van der Waals surface area (Å²) in [5.41, 5.74) is -3.16. The molecule has 18 heavy (non-hydrogen) atoms. The van der Waals surface area contributed by atoms with Gasteiger partial charge in [0.15, 0.2) is 6.29 Å². The number of nitriles is 1. The molecule has 0 aliphatic carbocycles. The van der Waals surface area contributed by atoms with Crippen LogP contribution in [0.5, 0.6) is 0 Å². The Morgan fingerprint density at radius 1 is 1.44 bits per heavy atom. The Balaban J connectivity index is 3.57. The van der Waals surface area contributed by atoms with E-state index in [1.54, 1.807) is 6.07 Å². The van der Waals surface area contributed by atoms with Crippen LogP contribution in [0.1, 0.15) is 21.5 Å². The van der Waals surface area contributed by atoms with Crippen molar-refractivity contribution >= 4 is 12.0 Å². The Morgan fingerprint density at radius 2 is 2.06 bits per heavy atom. The van der Waals surface area contributed by atoms with Gasteiger partial charge in [-0.3, -0.25) is 14.9 Å². The summed E-state index contributed by atoms with van der Waals surface area (Å²) in [5, 5.41) is 19.1. The number of rotatable bonds is 3. The van der Waals surface area contributed by atoms with Crippen LogP contribution >= 0.6 is 0 Å². The number of aldehydes is 1. The van der Waals surface area contributed by atoms with Crippen molar-refractivity contribution < 1.29 is 22.9 Å². The van der Waals surface area contributed by atoms with Gasteiger partial charge in [-0.1, -0.05) is 0 Å². The van der Waals surface area contributed by atoms with E-state index in [2.05, 4.69) is 0 Å². The molecule has 0 amide bonds. The zero-order chi connectivity index (χ0) is 13.9. The topological polar surface area (TPSA) is 84.0 Å². The van der Waals surface area contributed by atoms with Crippen LogP contribution in [0.4, 0.5) is 18.9 Å². The Hall–Kier alpha value is -2.43. The second-order valence-electron chi connectivity index (χ2n) is 3.28. The van der Waals surface area contributed by atoms with Crippen LogP contribution in [0, 0.1) is 21.4 Å². The molecule has 0 atom stereocenters. The zero-order valence-corrected chi connectivity index (χ0v) is 8.69. The summed E-state index contributed by atoms with van der Waals surface area (Å²) in [4.78, 5) is 20.2. The molecule has 0 aliphatic rings. The molecular formula is C10H5F3N2O3. The van der Waals surface area contributed by atoms with Gasteiger partial charge >= 0.3 is 6.18 Å². The number of alkyl halides is 3. The maximum atomic E-state index is 12.5. The third kappa shape index (κ3) is 2.63. The molecule has 0 fully saturated rings. The van der Waals surface area contributed by atoms with Gasteiger partial charge in [0.1, 0.15) is 0 Å². The molecule has 94 valence electrons. The zero-order valence-electron chi connectivity index (χ0n) is 8.69. The SMILES string of the molecule is N#CCc1cc(C=O)c(C(F)(F)F)cc1[N+](=O)[O-]. The second-order valence-corrected chi connectivity index (χ2v) is 3.28. The fraction of sp³-hybridized carbons (Fsp3) is 0.200.